The van der Waals surface area contributed by atoms with E-state index >= 15 is 0 Å². The lowest BCUT2D eigenvalue weighted by atomic mass is 10.1. The molecule has 3 nitrogen and oxygen atoms in total. The Hall–Kier alpha value is -0.800. The monoisotopic (exact) mass is 278 g/mol. The quantitative estimate of drug-likeness (QED) is 0.886. The van der Waals surface area contributed by atoms with E-state index in [1.165, 1.54) is 50.8 Å². The summed E-state index contributed by atoms with van der Waals surface area (Å²) >= 11 is 0. The average molecular weight is 278 g/mol. The third kappa shape index (κ3) is 4.95. The second-order valence-corrected chi connectivity index (χ2v) is 6.37. The first-order valence-electron chi connectivity index (χ1n) is 8.19. The highest BCUT2D eigenvalue weighted by Gasteiger charge is 2.13. The molecule has 0 radical (unpaired) electrons. The van der Waals surface area contributed by atoms with E-state index in [9.17, 15) is 0 Å². The number of likely N-dealkylation sites (tertiary alicyclic amines) is 1. The van der Waals surface area contributed by atoms with Crippen molar-refractivity contribution in [3.05, 3.63) is 23.2 Å². The maximum Gasteiger partial charge on any atom is 0.118 e. The Bertz CT molecular complexity index is 390. The number of aryl methyl sites for hydroxylation is 1. The standard InChI is InChI=1S/C17H30N2O/c1-14(2)18-12-17-11-16(15(3)20-17)13-19-9-7-5-4-6-8-10-19/h11,14,18H,4-10,12-13H2,1-3H3. The van der Waals surface area contributed by atoms with Crippen molar-refractivity contribution in [2.75, 3.05) is 13.1 Å². The molecule has 20 heavy (non-hydrogen) atoms. The minimum Gasteiger partial charge on any atom is -0.465 e. The van der Waals surface area contributed by atoms with Gasteiger partial charge in [0.1, 0.15) is 11.5 Å². The van der Waals surface area contributed by atoms with Crippen LogP contribution in [0.1, 0.15) is 63.0 Å². The molecular formula is C17H30N2O. The number of hydrogen-bond acceptors (Lipinski definition) is 3. The molecule has 3 heteroatoms. The van der Waals surface area contributed by atoms with Crippen molar-refractivity contribution >= 4 is 0 Å². The average Bonchev–Trinajstić information content (AvgIpc) is 2.71. The molecule has 1 aliphatic rings. The summed E-state index contributed by atoms with van der Waals surface area (Å²) in [4.78, 5) is 2.59. The van der Waals surface area contributed by atoms with Gasteiger partial charge in [-0.25, -0.2) is 0 Å². The van der Waals surface area contributed by atoms with E-state index in [4.69, 9.17) is 4.42 Å². The SMILES string of the molecule is Cc1oc(CNC(C)C)cc1CN1CCCCCCC1. The minimum atomic E-state index is 0.498. The molecule has 2 rings (SSSR count). The van der Waals surface area contributed by atoms with Gasteiger partial charge in [0.05, 0.1) is 6.54 Å². The van der Waals surface area contributed by atoms with Gasteiger partial charge in [-0.15, -0.1) is 0 Å². The largest absolute Gasteiger partial charge is 0.465 e. The van der Waals surface area contributed by atoms with Gasteiger partial charge in [0.2, 0.25) is 0 Å². The number of nitrogens with zero attached hydrogens (tertiary/aromatic N) is 1. The van der Waals surface area contributed by atoms with Crippen LogP contribution < -0.4 is 5.32 Å². The van der Waals surface area contributed by atoms with E-state index in [1.54, 1.807) is 0 Å². The second-order valence-electron chi connectivity index (χ2n) is 6.37. The third-order valence-electron chi connectivity index (χ3n) is 4.10. The molecule has 0 unspecified atom stereocenters. The van der Waals surface area contributed by atoms with Crippen LogP contribution in [0.2, 0.25) is 0 Å². The van der Waals surface area contributed by atoms with E-state index < -0.39 is 0 Å². The van der Waals surface area contributed by atoms with Crippen LogP contribution in [0.25, 0.3) is 0 Å². The van der Waals surface area contributed by atoms with E-state index in [1.807, 2.05) is 0 Å². The molecule has 114 valence electrons. The number of nitrogens with one attached hydrogen (secondary N) is 1. The van der Waals surface area contributed by atoms with Crippen LogP contribution in [0, 0.1) is 6.92 Å². The van der Waals surface area contributed by atoms with Gasteiger partial charge in [-0.2, -0.15) is 0 Å². The third-order valence-corrected chi connectivity index (χ3v) is 4.10. The Morgan fingerprint density at radius 1 is 1.15 bits per heavy atom. The maximum absolute atomic E-state index is 5.87. The summed E-state index contributed by atoms with van der Waals surface area (Å²) in [5.41, 5.74) is 1.37. The Kier molecular flexibility index (Phi) is 6.11. The lowest BCUT2D eigenvalue weighted by Crippen LogP contribution is -2.27. The van der Waals surface area contributed by atoms with Crippen molar-refractivity contribution < 1.29 is 4.42 Å². The Morgan fingerprint density at radius 2 is 1.80 bits per heavy atom. The highest BCUT2D eigenvalue weighted by atomic mass is 16.3. The van der Waals surface area contributed by atoms with Crippen molar-refractivity contribution in [3.8, 4) is 0 Å². The smallest absolute Gasteiger partial charge is 0.118 e. The predicted octanol–water partition coefficient (Wildman–Crippen LogP) is 3.85. The van der Waals surface area contributed by atoms with Gasteiger partial charge in [-0.1, -0.05) is 33.1 Å². The Balaban J connectivity index is 1.90. The normalized spacial score (nSPS) is 18.2. The van der Waals surface area contributed by atoms with Crippen molar-refractivity contribution in [2.45, 2.75) is 72.0 Å². The van der Waals surface area contributed by atoms with Gasteiger partial charge in [-0.05, 0) is 38.9 Å². The fourth-order valence-electron chi connectivity index (χ4n) is 2.85. The molecule has 0 saturated carbocycles. The van der Waals surface area contributed by atoms with Gasteiger partial charge in [0.25, 0.3) is 0 Å². The van der Waals surface area contributed by atoms with Gasteiger partial charge >= 0.3 is 0 Å². The molecule has 0 bridgehead atoms. The summed E-state index contributed by atoms with van der Waals surface area (Å²) in [5, 5.41) is 3.42. The first-order valence-corrected chi connectivity index (χ1v) is 8.19. The summed E-state index contributed by atoms with van der Waals surface area (Å²) < 4.78 is 5.87. The van der Waals surface area contributed by atoms with Crippen LogP contribution in [0.15, 0.2) is 10.5 Å². The highest BCUT2D eigenvalue weighted by molar-refractivity contribution is 5.20. The lowest BCUT2D eigenvalue weighted by Gasteiger charge is -2.24. The van der Waals surface area contributed by atoms with Crippen LogP contribution in [0.4, 0.5) is 0 Å². The molecule has 0 aliphatic carbocycles. The van der Waals surface area contributed by atoms with Crippen LogP contribution in [-0.2, 0) is 13.1 Å². The summed E-state index contributed by atoms with van der Waals surface area (Å²) in [6.07, 6.45) is 6.90. The summed E-state index contributed by atoms with van der Waals surface area (Å²) in [7, 11) is 0. The van der Waals surface area contributed by atoms with E-state index in [0.29, 0.717) is 6.04 Å². The molecule has 1 aromatic heterocycles. The molecule has 0 atom stereocenters. The molecular weight excluding hydrogens is 248 g/mol. The molecule has 1 aromatic rings. The van der Waals surface area contributed by atoms with E-state index in [-0.39, 0.29) is 0 Å². The topological polar surface area (TPSA) is 28.4 Å². The predicted molar refractivity (Wildman–Crippen MR) is 83.8 cm³/mol. The van der Waals surface area contributed by atoms with Gasteiger partial charge < -0.3 is 9.73 Å². The van der Waals surface area contributed by atoms with Crippen LogP contribution in [-0.4, -0.2) is 24.0 Å². The van der Waals surface area contributed by atoms with Gasteiger partial charge in [0.15, 0.2) is 0 Å². The molecule has 1 N–H and O–H groups in total. The summed E-state index contributed by atoms with van der Waals surface area (Å²) in [6.45, 7) is 10.8. The van der Waals surface area contributed by atoms with E-state index in [0.717, 1.165) is 24.6 Å². The minimum absolute atomic E-state index is 0.498. The molecule has 1 saturated heterocycles. The number of furan rings is 1. The van der Waals surface area contributed by atoms with Gasteiger partial charge in [-0.3, -0.25) is 4.90 Å². The zero-order valence-electron chi connectivity index (χ0n) is 13.4. The fourth-order valence-corrected chi connectivity index (χ4v) is 2.85. The van der Waals surface area contributed by atoms with Crippen LogP contribution >= 0.6 is 0 Å². The first-order chi connectivity index (χ1) is 9.65. The van der Waals surface area contributed by atoms with Crippen molar-refractivity contribution in [1.82, 2.24) is 10.2 Å². The Labute approximate surface area is 123 Å². The van der Waals surface area contributed by atoms with Crippen LogP contribution in [0.5, 0.6) is 0 Å². The molecule has 1 aliphatic heterocycles. The molecule has 0 spiro atoms. The maximum atomic E-state index is 5.87. The van der Waals surface area contributed by atoms with Crippen LogP contribution in [0.3, 0.4) is 0 Å². The molecule has 0 aromatic carbocycles. The number of rotatable bonds is 5. The zero-order chi connectivity index (χ0) is 14.4. The fraction of sp³-hybridized carbons (Fsp3) is 0.765. The molecule has 1 fully saturated rings. The summed E-state index contributed by atoms with van der Waals surface area (Å²) in [6, 6.07) is 2.74. The molecule has 0 amide bonds. The highest BCUT2D eigenvalue weighted by Crippen LogP contribution is 2.19. The Morgan fingerprint density at radius 3 is 2.45 bits per heavy atom. The van der Waals surface area contributed by atoms with Crippen molar-refractivity contribution in [3.63, 3.8) is 0 Å². The van der Waals surface area contributed by atoms with E-state index in [2.05, 4.69) is 37.1 Å². The molecule has 2 heterocycles. The zero-order valence-corrected chi connectivity index (χ0v) is 13.4. The second kappa shape index (κ2) is 7.84. The first kappa shape index (κ1) is 15.6. The lowest BCUT2D eigenvalue weighted by molar-refractivity contribution is 0.238. The summed E-state index contributed by atoms with van der Waals surface area (Å²) in [5.74, 6) is 2.16. The van der Waals surface area contributed by atoms with Gasteiger partial charge in [0, 0.05) is 18.2 Å². The van der Waals surface area contributed by atoms with Crippen molar-refractivity contribution in [1.29, 1.82) is 0 Å². The number of hydrogen-bond donors (Lipinski definition) is 1. The van der Waals surface area contributed by atoms with Crippen molar-refractivity contribution in [2.24, 2.45) is 0 Å².